The molecule has 0 aliphatic carbocycles. The van der Waals surface area contributed by atoms with Crippen LogP contribution in [-0.4, -0.2) is 60.9 Å². The highest BCUT2D eigenvalue weighted by atomic mass is 16.2. The molecule has 1 aromatic carbocycles. The van der Waals surface area contributed by atoms with E-state index in [0.717, 1.165) is 19.6 Å². The number of benzene rings is 1. The lowest BCUT2D eigenvalue weighted by molar-refractivity contribution is -0.134. The molecule has 0 saturated carbocycles. The van der Waals surface area contributed by atoms with Crippen LogP contribution in [0.5, 0.6) is 0 Å². The Labute approximate surface area is 131 Å². The Bertz CT molecular complexity index is 525. The van der Waals surface area contributed by atoms with Crippen molar-refractivity contribution in [3.8, 4) is 0 Å². The zero-order valence-electron chi connectivity index (χ0n) is 13.0. The number of nitrogens with two attached hydrogens (primary N) is 1. The number of carbonyl (C=O) groups is 2. The molecule has 3 N–H and O–H groups in total. The van der Waals surface area contributed by atoms with E-state index >= 15 is 0 Å². The molecule has 0 bridgehead atoms. The fourth-order valence-corrected chi connectivity index (χ4v) is 2.58. The minimum atomic E-state index is -0.300. The van der Waals surface area contributed by atoms with Crippen molar-refractivity contribution in [3.63, 3.8) is 0 Å². The van der Waals surface area contributed by atoms with Gasteiger partial charge in [0.15, 0.2) is 0 Å². The third-order valence-electron chi connectivity index (χ3n) is 3.84. The van der Waals surface area contributed by atoms with Crippen LogP contribution in [0.4, 0.5) is 0 Å². The summed E-state index contributed by atoms with van der Waals surface area (Å²) >= 11 is 0. The normalized spacial score (nSPS) is 15.6. The predicted molar refractivity (Wildman–Crippen MR) is 85.1 cm³/mol. The first-order valence-corrected chi connectivity index (χ1v) is 7.61. The molecule has 1 saturated heterocycles. The molecule has 1 aliphatic rings. The van der Waals surface area contributed by atoms with Gasteiger partial charge in [-0.25, -0.2) is 0 Å². The monoisotopic (exact) mass is 304 g/mol. The number of piperazine rings is 1. The Morgan fingerprint density at radius 3 is 2.59 bits per heavy atom. The van der Waals surface area contributed by atoms with E-state index in [1.807, 2.05) is 0 Å². The van der Waals surface area contributed by atoms with Gasteiger partial charge in [0.25, 0.3) is 0 Å². The molecule has 0 radical (unpaired) electrons. The summed E-state index contributed by atoms with van der Waals surface area (Å²) in [7, 11) is 0. The lowest BCUT2D eigenvalue weighted by Crippen LogP contribution is -2.51. The molecule has 0 atom stereocenters. The number of aryl methyl sites for hydroxylation is 1. The van der Waals surface area contributed by atoms with Gasteiger partial charge in [0.2, 0.25) is 11.8 Å². The fourth-order valence-electron chi connectivity index (χ4n) is 2.58. The number of amides is 2. The van der Waals surface area contributed by atoms with Gasteiger partial charge in [-0.3, -0.25) is 14.5 Å². The van der Waals surface area contributed by atoms with Crippen LogP contribution < -0.4 is 11.1 Å². The summed E-state index contributed by atoms with van der Waals surface area (Å²) < 4.78 is 0. The van der Waals surface area contributed by atoms with E-state index < -0.39 is 0 Å². The Kier molecular flexibility index (Phi) is 5.91. The van der Waals surface area contributed by atoms with Gasteiger partial charge in [0.1, 0.15) is 0 Å². The SMILES string of the molecule is Cc1cccc(CN2CCN(C(=O)CNC(=O)CN)CC2)c1. The zero-order chi connectivity index (χ0) is 15.9. The quantitative estimate of drug-likeness (QED) is 0.784. The highest BCUT2D eigenvalue weighted by Gasteiger charge is 2.21. The number of nitrogens with zero attached hydrogens (tertiary/aromatic N) is 2. The van der Waals surface area contributed by atoms with Crippen LogP contribution in [0, 0.1) is 6.92 Å². The average Bonchev–Trinajstić information content (AvgIpc) is 2.53. The summed E-state index contributed by atoms with van der Waals surface area (Å²) in [5.41, 5.74) is 7.76. The maximum atomic E-state index is 12.0. The van der Waals surface area contributed by atoms with Crippen molar-refractivity contribution in [3.05, 3.63) is 35.4 Å². The molecule has 120 valence electrons. The number of nitrogens with one attached hydrogen (secondary N) is 1. The highest BCUT2D eigenvalue weighted by molar-refractivity contribution is 5.85. The molecule has 2 rings (SSSR count). The smallest absolute Gasteiger partial charge is 0.242 e. The molecule has 0 aromatic heterocycles. The van der Waals surface area contributed by atoms with Crippen molar-refractivity contribution in [1.82, 2.24) is 15.1 Å². The summed E-state index contributed by atoms with van der Waals surface area (Å²) in [5.74, 6) is -0.344. The van der Waals surface area contributed by atoms with Crippen LogP contribution >= 0.6 is 0 Å². The van der Waals surface area contributed by atoms with E-state index in [1.165, 1.54) is 11.1 Å². The highest BCUT2D eigenvalue weighted by Crippen LogP contribution is 2.10. The molecule has 2 amide bonds. The largest absolute Gasteiger partial charge is 0.346 e. The van der Waals surface area contributed by atoms with Crippen molar-refractivity contribution in [2.45, 2.75) is 13.5 Å². The summed E-state index contributed by atoms with van der Waals surface area (Å²) in [5, 5.41) is 2.52. The predicted octanol–water partition coefficient (Wildman–Crippen LogP) is -0.286. The molecule has 1 aromatic rings. The second-order valence-electron chi connectivity index (χ2n) is 5.63. The second-order valence-corrected chi connectivity index (χ2v) is 5.63. The van der Waals surface area contributed by atoms with E-state index in [0.29, 0.717) is 13.1 Å². The van der Waals surface area contributed by atoms with Crippen LogP contribution in [0.1, 0.15) is 11.1 Å². The van der Waals surface area contributed by atoms with Crippen LogP contribution in [0.3, 0.4) is 0 Å². The molecule has 6 nitrogen and oxygen atoms in total. The van der Waals surface area contributed by atoms with E-state index in [1.54, 1.807) is 4.90 Å². The van der Waals surface area contributed by atoms with Crippen LogP contribution in [0.2, 0.25) is 0 Å². The molecule has 6 heteroatoms. The van der Waals surface area contributed by atoms with Crippen molar-refractivity contribution in [1.29, 1.82) is 0 Å². The summed E-state index contributed by atoms with van der Waals surface area (Å²) in [6.45, 7) is 6.05. The van der Waals surface area contributed by atoms with Gasteiger partial charge >= 0.3 is 0 Å². The average molecular weight is 304 g/mol. The Morgan fingerprint density at radius 2 is 1.95 bits per heavy atom. The van der Waals surface area contributed by atoms with E-state index in [2.05, 4.69) is 41.4 Å². The van der Waals surface area contributed by atoms with Crippen LogP contribution in [0.25, 0.3) is 0 Å². The number of hydrogen-bond donors (Lipinski definition) is 2. The lowest BCUT2D eigenvalue weighted by Gasteiger charge is -2.34. The Hall–Kier alpha value is -1.92. The van der Waals surface area contributed by atoms with Gasteiger partial charge in [-0.2, -0.15) is 0 Å². The molecule has 22 heavy (non-hydrogen) atoms. The first-order chi connectivity index (χ1) is 10.6. The Morgan fingerprint density at radius 1 is 1.23 bits per heavy atom. The van der Waals surface area contributed by atoms with Gasteiger partial charge in [0, 0.05) is 32.7 Å². The number of rotatable bonds is 5. The van der Waals surface area contributed by atoms with Gasteiger partial charge in [-0.15, -0.1) is 0 Å². The third kappa shape index (κ3) is 4.82. The van der Waals surface area contributed by atoms with Crippen molar-refractivity contribution in [2.24, 2.45) is 5.73 Å². The topological polar surface area (TPSA) is 78.7 Å². The second kappa shape index (κ2) is 7.91. The van der Waals surface area contributed by atoms with Gasteiger partial charge in [-0.05, 0) is 12.5 Å². The maximum Gasteiger partial charge on any atom is 0.242 e. The van der Waals surface area contributed by atoms with Crippen molar-refractivity contribution < 1.29 is 9.59 Å². The molecule has 0 spiro atoms. The standard InChI is InChI=1S/C16H24N4O2/c1-13-3-2-4-14(9-13)12-19-5-7-20(8-6-19)16(22)11-18-15(21)10-17/h2-4,9H,5-8,10-12,17H2,1H3,(H,18,21). The molecule has 1 fully saturated rings. The maximum absolute atomic E-state index is 12.0. The molecule has 1 aliphatic heterocycles. The lowest BCUT2D eigenvalue weighted by atomic mass is 10.1. The molecule has 0 unspecified atom stereocenters. The van der Waals surface area contributed by atoms with Crippen molar-refractivity contribution in [2.75, 3.05) is 39.3 Å². The summed E-state index contributed by atoms with van der Waals surface area (Å²) in [6, 6.07) is 8.49. The zero-order valence-corrected chi connectivity index (χ0v) is 13.0. The Balaban J connectivity index is 1.75. The van der Waals surface area contributed by atoms with Gasteiger partial charge < -0.3 is 16.0 Å². The molecule has 1 heterocycles. The van der Waals surface area contributed by atoms with E-state index in [9.17, 15) is 9.59 Å². The fraction of sp³-hybridized carbons (Fsp3) is 0.500. The summed E-state index contributed by atoms with van der Waals surface area (Å²) in [4.78, 5) is 27.2. The van der Waals surface area contributed by atoms with E-state index in [4.69, 9.17) is 5.73 Å². The summed E-state index contributed by atoms with van der Waals surface area (Å²) in [6.07, 6.45) is 0. The molecular weight excluding hydrogens is 280 g/mol. The third-order valence-corrected chi connectivity index (χ3v) is 3.84. The molecular formula is C16H24N4O2. The van der Waals surface area contributed by atoms with Crippen LogP contribution in [0.15, 0.2) is 24.3 Å². The minimum Gasteiger partial charge on any atom is -0.346 e. The minimum absolute atomic E-state index is 0.0356. The number of hydrogen-bond acceptors (Lipinski definition) is 4. The van der Waals surface area contributed by atoms with E-state index in [-0.39, 0.29) is 24.9 Å². The van der Waals surface area contributed by atoms with Crippen LogP contribution in [-0.2, 0) is 16.1 Å². The van der Waals surface area contributed by atoms with Gasteiger partial charge in [0.05, 0.1) is 13.1 Å². The number of carbonyl (C=O) groups excluding carboxylic acids is 2. The van der Waals surface area contributed by atoms with Gasteiger partial charge in [-0.1, -0.05) is 29.8 Å². The first kappa shape index (κ1) is 16.5. The van der Waals surface area contributed by atoms with Crippen molar-refractivity contribution >= 4 is 11.8 Å². The first-order valence-electron chi connectivity index (χ1n) is 7.61.